The van der Waals surface area contributed by atoms with E-state index in [-0.39, 0.29) is 131 Å². The van der Waals surface area contributed by atoms with E-state index in [9.17, 15) is 0 Å². The summed E-state index contributed by atoms with van der Waals surface area (Å²) < 4.78 is 0. The van der Waals surface area contributed by atoms with E-state index in [4.69, 9.17) is 0 Å². The quantitative estimate of drug-likeness (QED) is 0.260. The molecule has 12 radical (unpaired) electrons. The molecular weight excluding hydrogens is 853 g/mol. The van der Waals surface area contributed by atoms with Gasteiger partial charge in [0.15, 0.2) is 0 Å². The van der Waals surface area contributed by atoms with Crippen LogP contribution in [0, 0.1) is 0 Å². The fourth-order valence-corrected chi connectivity index (χ4v) is 0. The molecule has 0 nitrogen and oxygen atoms in total. The molecule has 0 amide bonds. The third kappa shape index (κ3) is 17.8. The van der Waals surface area contributed by atoms with Crippen molar-refractivity contribution in [2.24, 2.45) is 0 Å². The Morgan fingerprint density at radius 3 is 1.00 bits per heavy atom. The van der Waals surface area contributed by atoms with Crippen LogP contribution < -0.4 is 0 Å². The first kappa shape index (κ1) is 34.3. The minimum absolute atomic E-state index is 0. The Morgan fingerprint density at radius 2 is 1.00 bits per heavy atom. The molecule has 0 aliphatic rings. The Labute approximate surface area is 127 Å². The molecule has 0 aromatic carbocycles. The summed E-state index contributed by atoms with van der Waals surface area (Å²) in [4.78, 5) is 0. The molecular formula is HgPbSbSnTl. The predicted octanol–water partition coefficient (Wildman–Crippen LogP) is -1.53. The standard InChI is InChI=1S/Hg.Pb.Sb.Sn.Tl. The van der Waals surface area contributed by atoms with Gasteiger partial charge in [0.25, 0.3) is 0 Å². The fourth-order valence-electron chi connectivity index (χ4n) is 0. The molecule has 0 rings (SSSR count). The smallest absolute Gasteiger partial charge is 0 e. The second-order valence-corrected chi connectivity index (χ2v) is 0. The zero-order valence-electron chi connectivity index (χ0n) is 2.73. The van der Waals surface area contributed by atoms with E-state index in [0.29, 0.717) is 0 Å². The molecule has 0 aliphatic carbocycles. The molecule has 18 valence electrons. The van der Waals surface area contributed by atoms with E-state index in [1.807, 2.05) is 0 Å². The van der Waals surface area contributed by atoms with Crippen LogP contribution in [0.2, 0.25) is 0 Å². The van der Waals surface area contributed by atoms with Crippen LogP contribution in [0.25, 0.3) is 0 Å². The number of hydrogen-bond acceptors (Lipinski definition) is 0. The Kier molecular flexibility index (Phi) is 163. The summed E-state index contributed by atoms with van der Waals surface area (Å²) >= 11 is 0. The van der Waals surface area contributed by atoms with Crippen LogP contribution in [0.1, 0.15) is 0 Å². The molecule has 5 heteroatoms. The second kappa shape index (κ2) is 23.8. The van der Waals surface area contributed by atoms with Gasteiger partial charge in [-0.1, -0.05) is 0 Å². The SMILES string of the molecule is [Hg].[Pb].[Sb].[Sn].[Tl]. The average molecular weight is 853 g/mol. The maximum Gasteiger partial charge on any atom is 0 e. The third-order valence-corrected chi connectivity index (χ3v) is 0. The molecule has 0 atom stereocenters. The molecule has 0 saturated heterocycles. The Morgan fingerprint density at radius 1 is 1.00 bits per heavy atom. The van der Waals surface area contributed by atoms with Gasteiger partial charge in [-0.15, -0.1) is 0 Å². The average Bonchev–Trinajstić information content (AvgIpc) is 0. The van der Waals surface area contributed by atoms with Crippen molar-refractivity contribution in [3.8, 4) is 0 Å². The van der Waals surface area contributed by atoms with Gasteiger partial charge in [-0.05, 0) is 0 Å². The van der Waals surface area contributed by atoms with Crippen molar-refractivity contribution in [1.82, 2.24) is 0 Å². The predicted molar refractivity (Wildman–Crippen MR) is 23.0 cm³/mol. The van der Waals surface area contributed by atoms with E-state index >= 15 is 0 Å². The van der Waals surface area contributed by atoms with E-state index in [1.165, 1.54) is 0 Å². The van der Waals surface area contributed by atoms with E-state index in [0.717, 1.165) is 0 Å². The van der Waals surface area contributed by atoms with Gasteiger partial charge in [-0.3, -0.25) is 0 Å². The van der Waals surface area contributed by atoms with Crippen molar-refractivity contribution >= 4 is 103 Å². The van der Waals surface area contributed by atoms with Gasteiger partial charge in [-0.2, -0.15) is 0 Å². The molecule has 0 aromatic heterocycles. The minimum Gasteiger partial charge on any atom is 0 e. The summed E-state index contributed by atoms with van der Waals surface area (Å²) in [5.74, 6) is 0. The van der Waals surface area contributed by atoms with Crippen LogP contribution in [-0.4, -0.2) is 103 Å². The Hall–Kier alpha value is 4.40. The van der Waals surface area contributed by atoms with Crippen molar-refractivity contribution in [3.05, 3.63) is 0 Å². The van der Waals surface area contributed by atoms with E-state index in [2.05, 4.69) is 0 Å². The first-order chi connectivity index (χ1) is 0. The summed E-state index contributed by atoms with van der Waals surface area (Å²) in [6.07, 6.45) is 0. The van der Waals surface area contributed by atoms with Gasteiger partial charge in [0.1, 0.15) is 0 Å². The summed E-state index contributed by atoms with van der Waals surface area (Å²) in [6.45, 7) is 0. The van der Waals surface area contributed by atoms with Crippen LogP contribution in [0.3, 0.4) is 0 Å². The van der Waals surface area contributed by atoms with Crippen LogP contribution in [0.4, 0.5) is 0 Å². The van der Waals surface area contributed by atoms with Crippen molar-refractivity contribution in [2.75, 3.05) is 0 Å². The molecule has 0 aromatic rings. The van der Waals surface area contributed by atoms with E-state index < -0.39 is 0 Å². The van der Waals surface area contributed by atoms with Gasteiger partial charge >= 0.3 is 0 Å². The van der Waals surface area contributed by atoms with Crippen LogP contribution in [-0.2, 0) is 27.7 Å². The van der Waals surface area contributed by atoms with Crippen LogP contribution in [0.15, 0.2) is 0 Å². The first-order valence-electron chi connectivity index (χ1n) is 0. The number of rotatable bonds is 0. The monoisotopic (exact) mass is 856 g/mol. The van der Waals surface area contributed by atoms with Crippen molar-refractivity contribution in [2.45, 2.75) is 0 Å². The molecule has 0 heterocycles. The zero-order chi connectivity index (χ0) is 0. The largest absolute Gasteiger partial charge is 0 e. The zero-order valence-corrected chi connectivity index (χ0v) is 22.0. The van der Waals surface area contributed by atoms with Crippen molar-refractivity contribution < 1.29 is 27.7 Å². The van der Waals surface area contributed by atoms with Gasteiger partial charge < -0.3 is 0 Å². The summed E-state index contributed by atoms with van der Waals surface area (Å²) in [5.41, 5.74) is 0. The maximum absolute atomic E-state index is 0. The van der Waals surface area contributed by atoms with E-state index in [1.54, 1.807) is 0 Å². The Balaban J connectivity index is 0. The second-order valence-electron chi connectivity index (χ2n) is 0. The first-order valence-corrected chi connectivity index (χ1v) is 0. The summed E-state index contributed by atoms with van der Waals surface area (Å²) in [7, 11) is 0. The van der Waals surface area contributed by atoms with Gasteiger partial charge in [-0.25, -0.2) is 0 Å². The van der Waals surface area contributed by atoms with Crippen molar-refractivity contribution in [1.29, 1.82) is 0 Å². The fraction of sp³-hybridized carbons (Fsp3) is 0. The minimum atomic E-state index is 0. The topological polar surface area (TPSA) is 0 Å². The summed E-state index contributed by atoms with van der Waals surface area (Å²) in [5, 5.41) is 0. The molecule has 0 bridgehead atoms. The molecule has 5 heavy (non-hydrogen) atoms. The molecule has 0 aliphatic heterocycles. The molecule has 0 N–H and O–H groups in total. The van der Waals surface area contributed by atoms with Gasteiger partial charge in [0.2, 0.25) is 0 Å². The van der Waals surface area contributed by atoms with Crippen molar-refractivity contribution in [3.63, 3.8) is 0 Å². The molecule has 0 saturated carbocycles. The van der Waals surface area contributed by atoms with Gasteiger partial charge in [0.05, 0.1) is 0 Å². The molecule has 0 spiro atoms. The number of hydrogen-bond donors (Lipinski definition) is 0. The normalized spacial score (nSPS) is 0. The van der Waals surface area contributed by atoms with Gasteiger partial charge in [0, 0.05) is 131 Å². The Bertz CT molecular complexity index is 11.6. The van der Waals surface area contributed by atoms with Crippen LogP contribution >= 0.6 is 0 Å². The maximum atomic E-state index is 0. The van der Waals surface area contributed by atoms with Crippen LogP contribution in [0.5, 0.6) is 0 Å². The third-order valence-electron chi connectivity index (χ3n) is 0. The molecule has 0 unspecified atom stereocenters. The summed E-state index contributed by atoms with van der Waals surface area (Å²) in [6, 6.07) is 0. The molecule has 0 fully saturated rings.